The summed E-state index contributed by atoms with van der Waals surface area (Å²) in [4.78, 5) is 19.7. The number of likely N-dealkylation sites (N-methyl/N-ethyl adjacent to an activating group) is 1. The Bertz CT molecular complexity index is 787. The van der Waals surface area contributed by atoms with Crippen LogP contribution in [0.4, 0.5) is 4.39 Å². The maximum absolute atomic E-state index is 13.9. The van der Waals surface area contributed by atoms with Crippen LogP contribution in [-0.4, -0.2) is 35.7 Å². The molecule has 5 heteroatoms. The molecule has 1 aliphatic rings. The van der Waals surface area contributed by atoms with Crippen LogP contribution in [0.25, 0.3) is 0 Å². The van der Waals surface area contributed by atoms with E-state index >= 15 is 0 Å². The largest absolute Gasteiger partial charge is 0.390 e. The fraction of sp³-hybridized carbons (Fsp3) is 0.300. The second-order valence-electron chi connectivity index (χ2n) is 6.16. The van der Waals surface area contributed by atoms with E-state index in [1.165, 1.54) is 17.7 Å². The molecule has 0 bridgehead atoms. The summed E-state index contributed by atoms with van der Waals surface area (Å²) in [5, 5.41) is 4.16. The highest BCUT2D eigenvalue weighted by molar-refractivity contribution is 6.01. The van der Waals surface area contributed by atoms with Gasteiger partial charge in [-0.25, -0.2) is 4.39 Å². The summed E-state index contributed by atoms with van der Waals surface area (Å²) in [6.45, 7) is 4.76. The van der Waals surface area contributed by atoms with Crippen molar-refractivity contribution >= 4 is 11.6 Å². The Labute approximate surface area is 146 Å². The third-order valence-electron chi connectivity index (χ3n) is 4.32. The number of benzene rings is 2. The van der Waals surface area contributed by atoms with Gasteiger partial charge in [0, 0.05) is 13.0 Å². The average molecular weight is 340 g/mol. The second kappa shape index (κ2) is 7.47. The van der Waals surface area contributed by atoms with Crippen molar-refractivity contribution < 1.29 is 14.0 Å². The highest BCUT2D eigenvalue weighted by Gasteiger charge is 2.27. The Morgan fingerprint density at radius 2 is 1.96 bits per heavy atom. The Morgan fingerprint density at radius 3 is 2.64 bits per heavy atom. The van der Waals surface area contributed by atoms with Gasteiger partial charge < -0.3 is 9.74 Å². The number of amides is 1. The smallest absolute Gasteiger partial charge is 0.256 e. The van der Waals surface area contributed by atoms with Crippen LogP contribution in [0.2, 0.25) is 0 Å². The first-order chi connectivity index (χ1) is 12.1. The first-order valence-corrected chi connectivity index (χ1v) is 8.42. The number of oxime groups is 1. The van der Waals surface area contributed by atoms with Gasteiger partial charge in [-0.3, -0.25) is 4.79 Å². The summed E-state index contributed by atoms with van der Waals surface area (Å²) in [6.07, 6.45) is 0.413. The van der Waals surface area contributed by atoms with Crippen LogP contribution in [-0.2, 0) is 4.84 Å². The zero-order valence-corrected chi connectivity index (χ0v) is 14.4. The molecule has 0 aromatic heterocycles. The van der Waals surface area contributed by atoms with Crippen LogP contribution in [0.5, 0.6) is 0 Å². The van der Waals surface area contributed by atoms with E-state index < -0.39 is 5.82 Å². The van der Waals surface area contributed by atoms with E-state index in [2.05, 4.69) is 5.16 Å². The van der Waals surface area contributed by atoms with Gasteiger partial charge in [-0.2, -0.15) is 0 Å². The van der Waals surface area contributed by atoms with Gasteiger partial charge in [0.1, 0.15) is 5.82 Å². The third kappa shape index (κ3) is 3.87. The molecule has 0 aliphatic carbocycles. The lowest BCUT2D eigenvalue weighted by Crippen LogP contribution is -2.38. The molecule has 3 rings (SSSR count). The van der Waals surface area contributed by atoms with Gasteiger partial charge in [-0.1, -0.05) is 47.1 Å². The van der Waals surface area contributed by atoms with Crippen LogP contribution in [0.1, 0.15) is 34.8 Å². The lowest BCUT2D eigenvalue weighted by Gasteiger charge is -2.23. The number of aryl methyl sites for hydroxylation is 1. The predicted molar refractivity (Wildman–Crippen MR) is 95.2 cm³/mol. The molecule has 4 nitrogen and oxygen atoms in total. The standard InChI is InChI=1S/C20H21FN2O2/c1-3-23(20(24)17-6-4-5-7-18(17)21)13-16-12-19(22-25-16)15-10-8-14(2)9-11-15/h4-11,16H,3,12-13H2,1-2H3. The third-order valence-corrected chi connectivity index (χ3v) is 4.32. The molecule has 0 radical (unpaired) electrons. The summed E-state index contributed by atoms with van der Waals surface area (Å²) in [7, 11) is 0. The summed E-state index contributed by atoms with van der Waals surface area (Å²) in [5.74, 6) is -0.831. The SMILES string of the molecule is CCN(CC1CC(c2ccc(C)cc2)=NO1)C(=O)c1ccccc1F. The monoisotopic (exact) mass is 340 g/mol. The van der Waals surface area contributed by atoms with Gasteiger partial charge in [0.05, 0.1) is 17.8 Å². The van der Waals surface area contributed by atoms with Crippen molar-refractivity contribution in [2.45, 2.75) is 26.4 Å². The Morgan fingerprint density at radius 1 is 1.24 bits per heavy atom. The molecule has 0 fully saturated rings. The average Bonchev–Trinajstić information content (AvgIpc) is 3.09. The number of halogens is 1. The van der Waals surface area contributed by atoms with Crippen LogP contribution < -0.4 is 0 Å². The first-order valence-electron chi connectivity index (χ1n) is 8.42. The fourth-order valence-electron chi connectivity index (χ4n) is 2.85. The molecule has 1 aliphatic heterocycles. The molecule has 0 saturated carbocycles. The number of hydrogen-bond donors (Lipinski definition) is 0. The highest BCUT2D eigenvalue weighted by atomic mass is 19.1. The van der Waals surface area contributed by atoms with Gasteiger partial charge in [0.2, 0.25) is 0 Å². The Kier molecular flexibility index (Phi) is 5.12. The van der Waals surface area contributed by atoms with Crippen molar-refractivity contribution in [3.8, 4) is 0 Å². The minimum Gasteiger partial charge on any atom is -0.390 e. The predicted octanol–water partition coefficient (Wildman–Crippen LogP) is 3.79. The molecule has 1 atom stereocenters. The molecule has 2 aromatic carbocycles. The molecule has 25 heavy (non-hydrogen) atoms. The molecular formula is C20H21FN2O2. The van der Waals surface area contributed by atoms with Crippen molar-refractivity contribution in [1.82, 2.24) is 4.90 Å². The lowest BCUT2D eigenvalue weighted by atomic mass is 10.0. The zero-order valence-electron chi connectivity index (χ0n) is 14.4. The van der Waals surface area contributed by atoms with Crippen molar-refractivity contribution in [3.63, 3.8) is 0 Å². The van der Waals surface area contributed by atoms with Gasteiger partial charge in [0.25, 0.3) is 5.91 Å². The van der Waals surface area contributed by atoms with Crippen LogP contribution in [0.15, 0.2) is 53.7 Å². The minimum absolute atomic E-state index is 0.0852. The van der Waals surface area contributed by atoms with Gasteiger partial charge in [0.15, 0.2) is 6.10 Å². The number of carbonyl (C=O) groups is 1. The van der Waals surface area contributed by atoms with Gasteiger partial charge >= 0.3 is 0 Å². The number of carbonyl (C=O) groups excluding carboxylic acids is 1. The minimum atomic E-state index is -0.505. The van der Waals surface area contributed by atoms with Crippen LogP contribution in [0.3, 0.4) is 0 Å². The summed E-state index contributed by atoms with van der Waals surface area (Å²) < 4.78 is 13.9. The van der Waals surface area contributed by atoms with Crippen LogP contribution >= 0.6 is 0 Å². The van der Waals surface area contributed by atoms with E-state index in [0.717, 1.165) is 11.3 Å². The van der Waals surface area contributed by atoms with E-state index in [9.17, 15) is 9.18 Å². The van der Waals surface area contributed by atoms with E-state index in [-0.39, 0.29) is 17.6 Å². The molecule has 1 heterocycles. The normalized spacial score (nSPS) is 16.3. The first kappa shape index (κ1) is 17.1. The molecule has 1 amide bonds. The van der Waals surface area contributed by atoms with Crippen LogP contribution in [0, 0.1) is 12.7 Å². The van der Waals surface area contributed by atoms with E-state index in [1.54, 1.807) is 17.0 Å². The topological polar surface area (TPSA) is 41.9 Å². The summed E-state index contributed by atoms with van der Waals surface area (Å²) in [6, 6.07) is 14.1. The van der Waals surface area contributed by atoms with Crippen molar-refractivity contribution in [1.29, 1.82) is 0 Å². The zero-order chi connectivity index (χ0) is 17.8. The fourth-order valence-corrected chi connectivity index (χ4v) is 2.85. The van der Waals surface area contributed by atoms with Crippen molar-refractivity contribution in [2.75, 3.05) is 13.1 Å². The van der Waals surface area contributed by atoms with E-state index in [1.807, 2.05) is 38.1 Å². The second-order valence-corrected chi connectivity index (χ2v) is 6.16. The molecule has 0 spiro atoms. The van der Waals surface area contributed by atoms with Crippen molar-refractivity contribution in [2.24, 2.45) is 5.16 Å². The number of hydrogen-bond acceptors (Lipinski definition) is 3. The molecule has 0 saturated heterocycles. The van der Waals surface area contributed by atoms with E-state index in [0.29, 0.717) is 19.5 Å². The van der Waals surface area contributed by atoms with Crippen molar-refractivity contribution in [3.05, 3.63) is 71.0 Å². The van der Waals surface area contributed by atoms with Gasteiger partial charge in [-0.05, 0) is 31.5 Å². The quantitative estimate of drug-likeness (QED) is 0.831. The Balaban J connectivity index is 1.65. The maximum Gasteiger partial charge on any atom is 0.256 e. The molecule has 130 valence electrons. The number of nitrogens with zero attached hydrogens (tertiary/aromatic N) is 2. The summed E-state index contributed by atoms with van der Waals surface area (Å²) >= 11 is 0. The molecular weight excluding hydrogens is 319 g/mol. The molecule has 0 N–H and O–H groups in total. The summed E-state index contributed by atoms with van der Waals surface area (Å²) in [5.41, 5.74) is 3.17. The molecule has 2 aromatic rings. The maximum atomic E-state index is 13.9. The lowest BCUT2D eigenvalue weighted by molar-refractivity contribution is 0.0433. The van der Waals surface area contributed by atoms with Gasteiger partial charge in [-0.15, -0.1) is 0 Å². The Hall–Kier alpha value is -2.69. The highest BCUT2D eigenvalue weighted by Crippen LogP contribution is 2.19. The number of rotatable bonds is 5. The van der Waals surface area contributed by atoms with E-state index in [4.69, 9.17) is 4.84 Å². The molecule has 1 unspecified atom stereocenters.